The zero-order valence-corrected chi connectivity index (χ0v) is 13.3. The van der Waals surface area contributed by atoms with Crippen molar-refractivity contribution in [2.75, 3.05) is 0 Å². The van der Waals surface area contributed by atoms with Gasteiger partial charge in [0.25, 0.3) is 11.8 Å². The van der Waals surface area contributed by atoms with Gasteiger partial charge >= 0.3 is 0 Å². The predicted molar refractivity (Wildman–Crippen MR) is 93.7 cm³/mol. The number of para-hydroxylation sites is 1. The Hall–Kier alpha value is -3.41. The number of amides is 2. The van der Waals surface area contributed by atoms with E-state index in [1.54, 1.807) is 16.7 Å². The van der Waals surface area contributed by atoms with Gasteiger partial charge in [-0.15, -0.1) is 0 Å². The standard InChI is InChI=1S/C19H16FN3O2/c20-16-8-5-14(6-9-16)7-10-18(24)21-22-19(25)13-23-12-11-15-3-1-2-4-17(15)23/h1-12H,13H2,(H,21,24)(H,22,25)/b10-7+. The zero-order chi connectivity index (χ0) is 17.6. The summed E-state index contributed by atoms with van der Waals surface area (Å²) in [5, 5.41) is 1.04. The van der Waals surface area contributed by atoms with Crippen LogP contribution in [-0.4, -0.2) is 16.4 Å². The Morgan fingerprint density at radius 1 is 1.00 bits per heavy atom. The Balaban J connectivity index is 1.51. The molecule has 0 unspecified atom stereocenters. The first-order valence-corrected chi connectivity index (χ1v) is 7.68. The topological polar surface area (TPSA) is 63.1 Å². The molecule has 25 heavy (non-hydrogen) atoms. The Kier molecular flexibility index (Phi) is 4.89. The maximum Gasteiger partial charge on any atom is 0.262 e. The molecular formula is C19H16FN3O2. The number of hydrogen-bond donors (Lipinski definition) is 2. The van der Waals surface area contributed by atoms with Gasteiger partial charge in [0.2, 0.25) is 0 Å². The van der Waals surface area contributed by atoms with Gasteiger partial charge < -0.3 is 4.57 Å². The number of hydrazine groups is 1. The first-order valence-electron chi connectivity index (χ1n) is 7.68. The number of fused-ring (bicyclic) bond motifs is 1. The summed E-state index contributed by atoms with van der Waals surface area (Å²) >= 11 is 0. The number of carbonyl (C=O) groups is 2. The van der Waals surface area contributed by atoms with Gasteiger partial charge in [-0.3, -0.25) is 20.4 Å². The minimum absolute atomic E-state index is 0.0927. The number of nitrogens with zero attached hydrogens (tertiary/aromatic N) is 1. The van der Waals surface area contributed by atoms with Gasteiger partial charge in [0.1, 0.15) is 12.4 Å². The molecule has 2 N–H and O–H groups in total. The van der Waals surface area contributed by atoms with Gasteiger partial charge in [-0.2, -0.15) is 0 Å². The highest BCUT2D eigenvalue weighted by Gasteiger charge is 2.06. The third-order valence-corrected chi connectivity index (χ3v) is 3.62. The van der Waals surface area contributed by atoms with Gasteiger partial charge in [-0.1, -0.05) is 30.3 Å². The molecule has 2 amide bonds. The minimum atomic E-state index is -0.477. The summed E-state index contributed by atoms with van der Waals surface area (Å²) in [6, 6.07) is 15.4. The number of rotatable bonds is 4. The van der Waals surface area contributed by atoms with Crippen molar-refractivity contribution in [3.63, 3.8) is 0 Å². The molecular weight excluding hydrogens is 321 g/mol. The normalized spacial score (nSPS) is 10.9. The lowest BCUT2D eigenvalue weighted by Gasteiger charge is -2.07. The van der Waals surface area contributed by atoms with Gasteiger partial charge in [-0.25, -0.2) is 4.39 Å². The molecule has 0 aliphatic carbocycles. The van der Waals surface area contributed by atoms with Crippen LogP contribution in [0.15, 0.2) is 66.9 Å². The van der Waals surface area contributed by atoms with E-state index in [0.29, 0.717) is 5.56 Å². The monoisotopic (exact) mass is 337 g/mol. The molecule has 126 valence electrons. The number of halogens is 1. The summed E-state index contributed by atoms with van der Waals surface area (Å²) in [4.78, 5) is 23.7. The minimum Gasteiger partial charge on any atom is -0.338 e. The summed E-state index contributed by atoms with van der Waals surface area (Å²) < 4.78 is 14.6. The van der Waals surface area contributed by atoms with Gasteiger partial charge in [-0.05, 0) is 41.3 Å². The third kappa shape index (κ3) is 4.32. The molecule has 0 aliphatic heterocycles. The SMILES string of the molecule is O=C(/C=C/c1ccc(F)cc1)NNC(=O)Cn1ccc2ccccc21. The number of benzene rings is 2. The number of hydrogen-bond acceptors (Lipinski definition) is 2. The van der Waals surface area contributed by atoms with E-state index in [1.165, 1.54) is 24.3 Å². The summed E-state index contributed by atoms with van der Waals surface area (Å²) in [7, 11) is 0. The van der Waals surface area contributed by atoms with Gasteiger partial charge in [0.05, 0.1) is 0 Å². The van der Waals surface area contributed by atoms with E-state index in [1.807, 2.05) is 36.5 Å². The Morgan fingerprint density at radius 2 is 1.76 bits per heavy atom. The van der Waals surface area contributed by atoms with Crippen molar-refractivity contribution in [3.05, 3.63) is 78.3 Å². The molecule has 1 aromatic heterocycles. The average molecular weight is 337 g/mol. The van der Waals surface area contributed by atoms with E-state index in [-0.39, 0.29) is 18.3 Å². The van der Waals surface area contributed by atoms with Crippen molar-refractivity contribution in [2.45, 2.75) is 6.54 Å². The third-order valence-electron chi connectivity index (χ3n) is 3.62. The van der Waals surface area contributed by atoms with E-state index < -0.39 is 5.91 Å². The van der Waals surface area contributed by atoms with Crippen molar-refractivity contribution in [1.82, 2.24) is 15.4 Å². The second-order valence-electron chi connectivity index (χ2n) is 5.42. The molecule has 0 radical (unpaired) electrons. The number of aromatic nitrogens is 1. The molecule has 0 aliphatic rings. The van der Waals surface area contributed by atoms with Crippen LogP contribution in [0.3, 0.4) is 0 Å². The highest BCUT2D eigenvalue weighted by atomic mass is 19.1. The van der Waals surface area contributed by atoms with Gasteiger partial charge in [0, 0.05) is 17.8 Å². The van der Waals surface area contributed by atoms with Crippen LogP contribution in [0.2, 0.25) is 0 Å². The predicted octanol–water partition coefficient (Wildman–Crippen LogP) is 2.64. The maximum atomic E-state index is 12.8. The molecule has 6 heteroatoms. The Bertz CT molecular complexity index is 929. The first-order chi connectivity index (χ1) is 12.1. The lowest BCUT2D eigenvalue weighted by atomic mass is 10.2. The summed E-state index contributed by atoms with van der Waals surface area (Å²) in [5.74, 6) is -1.16. The first kappa shape index (κ1) is 16.4. The lowest BCUT2D eigenvalue weighted by Crippen LogP contribution is -2.42. The molecule has 0 atom stereocenters. The molecule has 5 nitrogen and oxygen atoms in total. The fourth-order valence-electron chi connectivity index (χ4n) is 2.39. The molecule has 3 rings (SSSR count). The fraction of sp³-hybridized carbons (Fsp3) is 0.0526. The van der Waals surface area contributed by atoms with Crippen LogP contribution in [0.1, 0.15) is 5.56 Å². The Morgan fingerprint density at radius 3 is 2.56 bits per heavy atom. The maximum absolute atomic E-state index is 12.8. The summed E-state index contributed by atoms with van der Waals surface area (Å²) in [5.41, 5.74) is 6.30. The van der Waals surface area contributed by atoms with Crippen molar-refractivity contribution in [1.29, 1.82) is 0 Å². The number of nitrogens with one attached hydrogen (secondary N) is 2. The van der Waals surface area contributed by atoms with Crippen LogP contribution in [0.4, 0.5) is 4.39 Å². The molecule has 0 bridgehead atoms. The quantitative estimate of drug-likeness (QED) is 0.568. The van der Waals surface area contributed by atoms with E-state index in [9.17, 15) is 14.0 Å². The average Bonchev–Trinajstić information content (AvgIpc) is 3.02. The zero-order valence-electron chi connectivity index (χ0n) is 13.3. The van der Waals surface area contributed by atoms with Gasteiger partial charge in [0.15, 0.2) is 0 Å². The smallest absolute Gasteiger partial charge is 0.262 e. The van der Waals surface area contributed by atoms with E-state index in [4.69, 9.17) is 0 Å². The van der Waals surface area contributed by atoms with Crippen LogP contribution < -0.4 is 10.9 Å². The van der Waals surface area contributed by atoms with Crippen LogP contribution in [0.5, 0.6) is 0 Å². The Labute approximate surface area is 143 Å². The lowest BCUT2D eigenvalue weighted by molar-refractivity contribution is -0.127. The fourth-order valence-corrected chi connectivity index (χ4v) is 2.39. The van der Waals surface area contributed by atoms with Crippen LogP contribution in [0, 0.1) is 5.82 Å². The summed E-state index contributed by atoms with van der Waals surface area (Å²) in [6.45, 7) is 0.0927. The highest BCUT2D eigenvalue weighted by molar-refractivity contribution is 5.93. The van der Waals surface area contributed by atoms with Crippen molar-refractivity contribution < 1.29 is 14.0 Å². The summed E-state index contributed by atoms with van der Waals surface area (Å²) in [6.07, 6.45) is 4.61. The van der Waals surface area contributed by atoms with E-state index in [2.05, 4.69) is 10.9 Å². The molecule has 1 heterocycles. The second kappa shape index (κ2) is 7.44. The van der Waals surface area contributed by atoms with Crippen LogP contribution in [-0.2, 0) is 16.1 Å². The van der Waals surface area contributed by atoms with Crippen molar-refractivity contribution in [2.24, 2.45) is 0 Å². The number of carbonyl (C=O) groups excluding carboxylic acids is 2. The largest absolute Gasteiger partial charge is 0.338 e. The van der Waals surface area contributed by atoms with Crippen molar-refractivity contribution >= 4 is 28.8 Å². The molecule has 2 aromatic carbocycles. The molecule has 3 aromatic rings. The van der Waals surface area contributed by atoms with E-state index in [0.717, 1.165) is 10.9 Å². The molecule has 0 saturated carbocycles. The molecule has 0 fully saturated rings. The molecule has 0 saturated heterocycles. The van der Waals surface area contributed by atoms with Crippen molar-refractivity contribution in [3.8, 4) is 0 Å². The highest BCUT2D eigenvalue weighted by Crippen LogP contribution is 2.14. The van der Waals surface area contributed by atoms with E-state index >= 15 is 0 Å². The second-order valence-corrected chi connectivity index (χ2v) is 5.42. The van der Waals surface area contributed by atoms with Crippen LogP contribution >= 0.6 is 0 Å². The van der Waals surface area contributed by atoms with Crippen LogP contribution in [0.25, 0.3) is 17.0 Å². The molecule has 0 spiro atoms.